The number of carbonyl (C=O) groups excluding carboxylic acids is 1. The van der Waals surface area contributed by atoms with Crippen LogP contribution in [0.15, 0.2) is 0 Å². The van der Waals surface area contributed by atoms with E-state index in [-0.39, 0.29) is 23.5 Å². The van der Waals surface area contributed by atoms with Gasteiger partial charge < -0.3 is 15.4 Å². The van der Waals surface area contributed by atoms with E-state index in [1.807, 2.05) is 0 Å². The van der Waals surface area contributed by atoms with Crippen LogP contribution in [0.1, 0.15) is 27.2 Å². The Morgan fingerprint density at radius 2 is 2.13 bits per heavy atom. The normalized spacial score (nSPS) is 27.5. The van der Waals surface area contributed by atoms with E-state index in [1.54, 1.807) is 0 Å². The quantitative estimate of drug-likeness (QED) is 0.658. The monoisotopic (exact) mass is 214 g/mol. The van der Waals surface area contributed by atoms with E-state index in [1.165, 1.54) is 7.11 Å². The molecule has 0 aliphatic carbocycles. The molecule has 4 heteroatoms. The van der Waals surface area contributed by atoms with Gasteiger partial charge in [-0.15, -0.1) is 0 Å². The van der Waals surface area contributed by atoms with Crippen LogP contribution in [0, 0.1) is 5.92 Å². The lowest BCUT2D eigenvalue weighted by atomic mass is 9.90. The fraction of sp³-hybridized carbons (Fsp3) is 0.909. The van der Waals surface area contributed by atoms with E-state index >= 15 is 0 Å². The Morgan fingerprint density at radius 3 is 2.67 bits per heavy atom. The summed E-state index contributed by atoms with van der Waals surface area (Å²) >= 11 is 0. The van der Waals surface area contributed by atoms with Crippen molar-refractivity contribution in [2.75, 3.05) is 20.2 Å². The Hall–Kier alpha value is -0.610. The van der Waals surface area contributed by atoms with Gasteiger partial charge in [0.15, 0.2) is 0 Å². The van der Waals surface area contributed by atoms with Crippen LogP contribution in [-0.4, -0.2) is 37.7 Å². The Labute approximate surface area is 91.8 Å². The summed E-state index contributed by atoms with van der Waals surface area (Å²) in [4.78, 5) is 11.6. The van der Waals surface area contributed by atoms with Crippen molar-refractivity contribution in [3.8, 4) is 0 Å². The van der Waals surface area contributed by atoms with Gasteiger partial charge in [-0.2, -0.15) is 0 Å². The second-order valence-corrected chi connectivity index (χ2v) is 5.12. The standard InChI is InChI=1S/C11H22N2O2/c1-11(2,3)13-9-7-12-6-5-8(9)10(14)15-4/h8-9,12-13H,5-7H2,1-4H3. The Bertz CT molecular complexity index is 223. The predicted octanol–water partition coefficient (Wildman–Crippen LogP) is 0.526. The first-order valence-electron chi connectivity index (χ1n) is 5.50. The van der Waals surface area contributed by atoms with E-state index < -0.39 is 0 Å². The molecule has 15 heavy (non-hydrogen) atoms. The summed E-state index contributed by atoms with van der Waals surface area (Å²) in [5.74, 6) is -0.117. The number of hydrogen-bond acceptors (Lipinski definition) is 4. The molecule has 1 fully saturated rings. The average Bonchev–Trinajstić information content (AvgIpc) is 2.15. The van der Waals surface area contributed by atoms with Gasteiger partial charge in [-0.25, -0.2) is 0 Å². The zero-order chi connectivity index (χ0) is 11.5. The lowest BCUT2D eigenvalue weighted by molar-refractivity contribution is -0.147. The molecule has 1 aliphatic rings. The largest absolute Gasteiger partial charge is 0.469 e. The summed E-state index contributed by atoms with van der Waals surface area (Å²) in [7, 11) is 1.46. The summed E-state index contributed by atoms with van der Waals surface area (Å²) in [6.45, 7) is 8.04. The van der Waals surface area contributed by atoms with E-state index in [4.69, 9.17) is 4.74 Å². The van der Waals surface area contributed by atoms with Crippen molar-refractivity contribution in [1.29, 1.82) is 0 Å². The molecule has 0 spiro atoms. The Balaban J connectivity index is 2.61. The van der Waals surface area contributed by atoms with E-state index in [0.717, 1.165) is 19.5 Å². The number of ether oxygens (including phenoxy) is 1. The van der Waals surface area contributed by atoms with Gasteiger partial charge in [0.05, 0.1) is 13.0 Å². The highest BCUT2D eigenvalue weighted by Crippen LogP contribution is 2.17. The lowest BCUT2D eigenvalue weighted by Crippen LogP contribution is -2.56. The van der Waals surface area contributed by atoms with Crippen LogP contribution in [0.3, 0.4) is 0 Å². The predicted molar refractivity (Wildman–Crippen MR) is 59.7 cm³/mol. The summed E-state index contributed by atoms with van der Waals surface area (Å²) in [5.41, 5.74) is 0.0238. The van der Waals surface area contributed by atoms with Gasteiger partial charge in [-0.1, -0.05) is 0 Å². The van der Waals surface area contributed by atoms with E-state index in [9.17, 15) is 4.79 Å². The number of piperidine rings is 1. The molecular formula is C11H22N2O2. The zero-order valence-corrected chi connectivity index (χ0v) is 10.1. The van der Waals surface area contributed by atoms with Gasteiger partial charge in [0.2, 0.25) is 0 Å². The molecule has 0 aromatic heterocycles. The van der Waals surface area contributed by atoms with E-state index in [0.29, 0.717) is 0 Å². The molecular weight excluding hydrogens is 192 g/mol. The number of esters is 1. The van der Waals surface area contributed by atoms with Gasteiger partial charge in [-0.3, -0.25) is 4.79 Å². The van der Waals surface area contributed by atoms with Gasteiger partial charge in [0, 0.05) is 18.1 Å². The molecule has 4 nitrogen and oxygen atoms in total. The average molecular weight is 214 g/mol. The highest BCUT2D eigenvalue weighted by atomic mass is 16.5. The molecule has 0 amide bonds. The highest BCUT2D eigenvalue weighted by molar-refractivity contribution is 5.73. The third-order valence-corrected chi connectivity index (χ3v) is 2.60. The molecule has 1 heterocycles. The smallest absolute Gasteiger partial charge is 0.310 e. The van der Waals surface area contributed by atoms with Crippen LogP contribution in [0.2, 0.25) is 0 Å². The second-order valence-electron chi connectivity index (χ2n) is 5.12. The maximum Gasteiger partial charge on any atom is 0.310 e. The maximum atomic E-state index is 11.6. The van der Waals surface area contributed by atoms with Crippen molar-refractivity contribution in [2.24, 2.45) is 5.92 Å². The van der Waals surface area contributed by atoms with Crippen LogP contribution in [0.5, 0.6) is 0 Å². The molecule has 2 atom stereocenters. The highest BCUT2D eigenvalue weighted by Gasteiger charge is 2.33. The second kappa shape index (κ2) is 4.94. The summed E-state index contributed by atoms with van der Waals surface area (Å²) in [6, 6.07) is 0.172. The minimum atomic E-state index is -0.0988. The topological polar surface area (TPSA) is 50.4 Å². The fourth-order valence-corrected chi connectivity index (χ4v) is 2.00. The van der Waals surface area contributed by atoms with Gasteiger partial charge in [0.25, 0.3) is 0 Å². The first kappa shape index (κ1) is 12.5. The molecule has 1 saturated heterocycles. The number of carbonyl (C=O) groups is 1. The molecule has 2 unspecified atom stereocenters. The lowest BCUT2D eigenvalue weighted by Gasteiger charge is -2.36. The van der Waals surface area contributed by atoms with E-state index in [2.05, 4.69) is 31.4 Å². The summed E-state index contributed by atoms with van der Waals surface area (Å²) < 4.78 is 4.83. The van der Waals surface area contributed by atoms with Crippen LogP contribution in [0.25, 0.3) is 0 Å². The molecule has 0 bridgehead atoms. The van der Waals surface area contributed by atoms with Crippen LogP contribution in [0.4, 0.5) is 0 Å². The third kappa shape index (κ3) is 3.80. The fourth-order valence-electron chi connectivity index (χ4n) is 2.00. The van der Waals surface area contributed by atoms with Crippen LogP contribution < -0.4 is 10.6 Å². The molecule has 0 aromatic carbocycles. The van der Waals surface area contributed by atoms with Crippen LogP contribution in [-0.2, 0) is 9.53 Å². The number of hydrogen-bond donors (Lipinski definition) is 2. The van der Waals surface area contributed by atoms with Crippen molar-refractivity contribution < 1.29 is 9.53 Å². The minimum absolute atomic E-state index is 0.0181. The molecule has 0 saturated carbocycles. The van der Waals surface area contributed by atoms with Gasteiger partial charge >= 0.3 is 5.97 Å². The van der Waals surface area contributed by atoms with Crippen LogP contribution >= 0.6 is 0 Å². The minimum Gasteiger partial charge on any atom is -0.469 e. The molecule has 2 N–H and O–H groups in total. The first-order chi connectivity index (χ1) is 6.94. The zero-order valence-electron chi connectivity index (χ0n) is 10.1. The molecule has 0 radical (unpaired) electrons. The van der Waals surface area contributed by atoms with Gasteiger partial charge in [-0.05, 0) is 33.7 Å². The Kier molecular flexibility index (Phi) is 4.11. The molecule has 1 rings (SSSR count). The van der Waals surface area contributed by atoms with Crippen molar-refractivity contribution in [1.82, 2.24) is 10.6 Å². The summed E-state index contributed by atoms with van der Waals surface area (Å²) in [5, 5.41) is 6.76. The Morgan fingerprint density at radius 1 is 1.47 bits per heavy atom. The molecule has 1 aliphatic heterocycles. The molecule has 88 valence electrons. The summed E-state index contributed by atoms with van der Waals surface area (Å²) in [6.07, 6.45) is 0.848. The first-order valence-corrected chi connectivity index (χ1v) is 5.50. The molecule has 0 aromatic rings. The van der Waals surface area contributed by atoms with Crippen molar-refractivity contribution in [2.45, 2.75) is 38.8 Å². The maximum absolute atomic E-state index is 11.6. The third-order valence-electron chi connectivity index (χ3n) is 2.60. The number of methoxy groups -OCH3 is 1. The van der Waals surface area contributed by atoms with Crippen molar-refractivity contribution >= 4 is 5.97 Å². The van der Waals surface area contributed by atoms with Crippen molar-refractivity contribution in [3.05, 3.63) is 0 Å². The number of rotatable bonds is 2. The number of nitrogens with one attached hydrogen (secondary N) is 2. The van der Waals surface area contributed by atoms with Gasteiger partial charge in [0.1, 0.15) is 0 Å². The van der Waals surface area contributed by atoms with Crippen molar-refractivity contribution in [3.63, 3.8) is 0 Å². The SMILES string of the molecule is COC(=O)C1CCNCC1NC(C)(C)C.